The average Bonchev–Trinajstić information content (AvgIpc) is 2.35. The van der Waals surface area contributed by atoms with Crippen LogP contribution in [0.3, 0.4) is 0 Å². The molecule has 0 aliphatic carbocycles. The maximum absolute atomic E-state index is 11.2. The van der Waals surface area contributed by atoms with Gasteiger partial charge in [-0.1, -0.05) is 13.0 Å². The van der Waals surface area contributed by atoms with E-state index < -0.39 is 4.92 Å². The summed E-state index contributed by atoms with van der Waals surface area (Å²) < 4.78 is 4.58. The second-order valence-corrected chi connectivity index (χ2v) is 4.08. The highest BCUT2D eigenvalue weighted by Crippen LogP contribution is 2.25. The number of aryl methyl sites for hydroxylation is 1. The van der Waals surface area contributed by atoms with Crippen LogP contribution in [0, 0.1) is 23.0 Å². The van der Waals surface area contributed by atoms with Crippen LogP contribution in [-0.4, -0.2) is 24.5 Å². The summed E-state index contributed by atoms with van der Waals surface area (Å²) in [5.74, 6) is -0.715. The van der Waals surface area contributed by atoms with Gasteiger partial charge in [-0.2, -0.15) is 0 Å². The third-order valence-corrected chi connectivity index (χ3v) is 2.55. The molecule has 0 aromatic heterocycles. The smallest absolute Gasteiger partial charge is 0.310 e. The highest BCUT2D eigenvalue weighted by atomic mass is 16.6. The van der Waals surface area contributed by atoms with Crippen molar-refractivity contribution in [1.29, 1.82) is 0 Å². The monoisotopic (exact) mass is 252 g/mol. The normalized spacial score (nSPS) is 11.7. The highest BCUT2D eigenvalue weighted by Gasteiger charge is 2.17. The minimum absolute atomic E-state index is 0.00654. The summed E-state index contributed by atoms with van der Waals surface area (Å²) in [6, 6.07) is 4.90. The van der Waals surface area contributed by atoms with E-state index in [9.17, 15) is 14.9 Å². The van der Waals surface area contributed by atoms with E-state index in [2.05, 4.69) is 10.1 Å². The second-order valence-electron chi connectivity index (χ2n) is 4.08. The molecule has 0 saturated carbocycles. The van der Waals surface area contributed by atoms with E-state index in [1.165, 1.54) is 13.2 Å². The minimum atomic E-state index is -0.446. The van der Waals surface area contributed by atoms with E-state index in [1.54, 1.807) is 26.0 Å². The van der Waals surface area contributed by atoms with Crippen LogP contribution in [0.2, 0.25) is 0 Å². The molecule has 0 saturated heterocycles. The standard InChI is InChI=1S/C12H16N2O4/c1-8-4-5-10(11(6-8)14(16)17)13-7-9(2)12(15)18-3/h4-6,9,13H,7H2,1-3H3. The number of ether oxygens (including phenoxy) is 1. The quantitative estimate of drug-likeness (QED) is 0.493. The SMILES string of the molecule is COC(=O)C(C)CNc1ccc(C)cc1[N+](=O)[O-]. The van der Waals surface area contributed by atoms with Gasteiger partial charge < -0.3 is 10.1 Å². The molecule has 98 valence electrons. The Labute approximate surface area is 105 Å². The molecular weight excluding hydrogens is 236 g/mol. The van der Waals surface area contributed by atoms with Crippen LogP contribution in [0.15, 0.2) is 18.2 Å². The van der Waals surface area contributed by atoms with Crippen LogP contribution in [0.4, 0.5) is 11.4 Å². The number of nitro benzene ring substituents is 1. The third-order valence-electron chi connectivity index (χ3n) is 2.55. The molecule has 1 unspecified atom stereocenters. The zero-order chi connectivity index (χ0) is 13.7. The molecule has 1 aromatic rings. The number of carbonyl (C=O) groups excluding carboxylic acids is 1. The van der Waals surface area contributed by atoms with Crippen LogP contribution in [-0.2, 0) is 9.53 Å². The van der Waals surface area contributed by atoms with Gasteiger partial charge in [0.15, 0.2) is 0 Å². The molecule has 1 N–H and O–H groups in total. The number of anilines is 1. The summed E-state index contributed by atoms with van der Waals surface area (Å²) in [7, 11) is 1.31. The third kappa shape index (κ3) is 3.44. The number of hydrogen-bond acceptors (Lipinski definition) is 5. The molecular formula is C12H16N2O4. The molecule has 6 heteroatoms. The van der Waals surface area contributed by atoms with Gasteiger partial charge >= 0.3 is 5.97 Å². The Morgan fingerprint density at radius 2 is 2.22 bits per heavy atom. The van der Waals surface area contributed by atoms with E-state index >= 15 is 0 Å². The Morgan fingerprint density at radius 1 is 1.56 bits per heavy atom. The minimum Gasteiger partial charge on any atom is -0.469 e. The Hall–Kier alpha value is -2.11. The molecule has 1 aromatic carbocycles. The molecule has 1 rings (SSSR count). The Kier molecular flexibility index (Phi) is 4.65. The first-order valence-corrected chi connectivity index (χ1v) is 5.52. The predicted octanol–water partition coefficient (Wildman–Crippen LogP) is 2.12. The molecule has 0 fully saturated rings. The molecule has 0 bridgehead atoms. The summed E-state index contributed by atoms with van der Waals surface area (Å²) in [6.45, 7) is 3.77. The van der Waals surface area contributed by atoms with E-state index in [4.69, 9.17) is 0 Å². The van der Waals surface area contributed by atoms with Gasteiger partial charge in [-0.05, 0) is 18.6 Å². The van der Waals surface area contributed by atoms with Gasteiger partial charge in [-0.3, -0.25) is 14.9 Å². The van der Waals surface area contributed by atoms with Crippen molar-refractivity contribution >= 4 is 17.3 Å². The van der Waals surface area contributed by atoms with Gasteiger partial charge in [0.25, 0.3) is 5.69 Å². The average molecular weight is 252 g/mol. The number of methoxy groups -OCH3 is 1. The fourth-order valence-corrected chi connectivity index (χ4v) is 1.49. The fraction of sp³-hybridized carbons (Fsp3) is 0.417. The van der Waals surface area contributed by atoms with Gasteiger partial charge in [-0.15, -0.1) is 0 Å². The van der Waals surface area contributed by atoms with Crippen molar-refractivity contribution in [3.63, 3.8) is 0 Å². The Balaban J connectivity index is 2.79. The van der Waals surface area contributed by atoms with E-state index in [1.807, 2.05) is 0 Å². The lowest BCUT2D eigenvalue weighted by molar-refractivity contribution is -0.384. The first kappa shape index (κ1) is 14.0. The van der Waals surface area contributed by atoms with Gasteiger partial charge in [0.05, 0.1) is 18.0 Å². The fourth-order valence-electron chi connectivity index (χ4n) is 1.49. The van der Waals surface area contributed by atoms with Gasteiger partial charge in [0.1, 0.15) is 5.69 Å². The molecule has 0 aliphatic heterocycles. The molecule has 1 atom stereocenters. The van der Waals surface area contributed by atoms with Crippen LogP contribution in [0.5, 0.6) is 0 Å². The van der Waals surface area contributed by atoms with Crippen molar-refractivity contribution in [1.82, 2.24) is 0 Å². The molecule has 18 heavy (non-hydrogen) atoms. The summed E-state index contributed by atoms with van der Waals surface area (Å²) in [4.78, 5) is 21.6. The van der Waals surface area contributed by atoms with Crippen molar-refractivity contribution in [3.05, 3.63) is 33.9 Å². The van der Waals surface area contributed by atoms with E-state index in [0.29, 0.717) is 5.69 Å². The first-order chi connectivity index (χ1) is 8.45. The summed E-state index contributed by atoms with van der Waals surface area (Å²) >= 11 is 0. The van der Waals surface area contributed by atoms with Crippen LogP contribution in [0.1, 0.15) is 12.5 Å². The molecule has 0 heterocycles. The van der Waals surface area contributed by atoms with Crippen LogP contribution in [0.25, 0.3) is 0 Å². The number of nitrogens with zero attached hydrogens (tertiary/aromatic N) is 1. The maximum Gasteiger partial charge on any atom is 0.310 e. The summed E-state index contributed by atoms with van der Waals surface area (Å²) in [5, 5.41) is 13.8. The van der Waals surface area contributed by atoms with Crippen LogP contribution < -0.4 is 5.32 Å². The zero-order valence-corrected chi connectivity index (χ0v) is 10.6. The van der Waals surface area contributed by atoms with Gasteiger partial charge in [-0.25, -0.2) is 0 Å². The number of esters is 1. The second kappa shape index (κ2) is 6.00. The lowest BCUT2D eigenvalue weighted by atomic mass is 10.1. The first-order valence-electron chi connectivity index (χ1n) is 5.52. The molecule has 0 spiro atoms. The molecule has 0 aliphatic rings. The Morgan fingerprint density at radius 3 is 2.78 bits per heavy atom. The summed E-state index contributed by atoms with van der Waals surface area (Å²) in [6.07, 6.45) is 0. The van der Waals surface area contributed by atoms with Crippen molar-refractivity contribution in [2.45, 2.75) is 13.8 Å². The molecule has 0 radical (unpaired) electrons. The number of benzene rings is 1. The van der Waals surface area contributed by atoms with Gasteiger partial charge in [0, 0.05) is 12.6 Å². The van der Waals surface area contributed by atoms with E-state index in [0.717, 1.165) is 5.56 Å². The van der Waals surface area contributed by atoms with Crippen LogP contribution >= 0.6 is 0 Å². The summed E-state index contributed by atoms with van der Waals surface area (Å²) in [5.41, 5.74) is 1.22. The number of carbonyl (C=O) groups is 1. The number of hydrogen-bond donors (Lipinski definition) is 1. The van der Waals surface area contributed by atoms with Crippen molar-refractivity contribution in [2.75, 3.05) is 19.0 Å². The van der Waals surface area contributed by atoms with Gasteiger partial charge in [0.2, 0.25) is 0 Å². The number of nitro groups is 1. The largest absolute Gasteiger partial charge is 0.469 e. The van der Waals surface area contributed by atoms with E-state index in [-0.39, 0.29) is 24.1 Å². The number of rotatable bonds is 5. The predicted molar refractivity (Wildman–Crippen MR) is 67.5 cm³/mol. The molecule has 6 nitrogen and oxygen atoms in total. The van der Waals surface area contributed by atoms with Crippen molar-refractivity contribution in [3.8, 4) is 0 Å². The maximum atomic E-state index is 11.2. The number of nitrogens with one attached hydrogen (secondary N) is 1. The van der Waals surface area contributed by atoms with Crippen molar-refractivity contribution < 1.29 is 14.5 Å². The topological polar surface area (TPSA) is 81.5 Å². The lowest BCUT2D eigenvalue weighted by Crippen LogP contribution is -2.21. The lowest BCUT2D eigenvalue weighted by Gasteiger charge is -2.11. The highest BCUT2D eigenvalue weighted by molar-refractivity contribution is 5.73. The zero-order valence-electron chi connectivity index (χ0n) is 10.6. The Bertz CT molecular complexity index is 459. The van der Waals surface area contributed by atoms with Crippen molar-refractivity contribution in [2.24, 2.45) is 5.92 Å². The molecule has 0 amide bonds.